The quantitative estimate of drug-likeness (QED) is 0.610. The van der Waals surface area contributed by atoms with Crippen molar-refractivity contribution in [3.63, 3.8) is 0 Å². The maximum Gasteiger partial charge on any atom is 0.169 e. The van der Waals surface area contributed by atoms with Crippen LogP contribution >= 0.6 is 0 Å². The van der Waals surface area contributed by atoms with Gasteiger partial charge in [-0.2, -0.15) is 0 Å². The molecule has 2 heteroatoms. The first kappa shape index (κ1) is 15.4. The van der Waals surface area contributed by atoms with E-state index in [2.05, 4.69) is 83.2 Å². The van der Waals surface area contributed by atoms with E-state index in [1.807, 2.05) is 0 Å². The third kappa shape index (κ3) is 2.05. The van der Waals surface area contributed by atoms with Crippen LogP contribution in [-0.2, 0) is 0 Å². The van der Waals surface area contributed by atoms with E-state index in [4.69, 9.17) is 0 Å². The van der Waals surface area contributed by atoms with Gasteiger partial charge in [0.05, 0.1) is 0 Å². The fourth-order valence-electron chi connectivity index (χ4n) is 4.49. The molecule has 20 heavy (non-hydrogen) atoms. The van der Waals surface area contributed by atoms with Gasteiger partial charge in [0, 0.05) is 10.9 Å². The van der Waals surface area contributed by atoms with Crippen LogP contribution < -0.4 is 0 Å². The van der Waals surface area contributed by atoms with Gasteiger partial charge in [-0.3, -0.25) is 0 Å². The largest absolute Gasteiger partial charge is 0.373 e. The minimum atomic E-state index is -1.62. The summed E-state index contributed by atoms with van der Waals surface area (Å²) in [7, 11) is -1.62. The van der Waals surface area contributed by atoms with Crippen LogP contribution in [0, 0.1) is 6.92 Å². The maximum atomic E-state index is 2.69. The number of hydrogen-bond acceptors (Lipinski definition) is 0. The molecule has 0 fully saturated rings. The number of rotatable bonds is 4. The smallest absolute Gasteiger partial charge is 0.169 e. The summed E-state index contributed by atoms with van der Waals surface area (Å²) in [5, 5.41) is 1.42. The molecule has 0 N–H and O–H groups in total. The van der Waals surface area contributed by atoms with E-state index in [9.17, 15) is 0 Å². The summed E-state index contributed by atoms with van der Waals surface area (Å²) in [6.45, 7) is 16.8. The average Bonchev–Trinajstić information content (AvgIpc) is 2.74. The van der Waals surface area contributed by atoms with Crippen LogP contribution in [0.1, 0.15) is 47.1 Å². The van der Waals surface area contributed by atoms with Crippen LogP contribution in [-0.4, -0.2) is 12.5 Å². The van der Waals surface area contributed by atoms with Gasteiger partial charge >= 0.3 is 0 Å². The number of hydrogen-bond donors (Lipinski definition) is 0. The number of benzene rings is 1. The van der Waals surface area contributed by atoms with Crippen molar-refractivity contribution in [2.45, 2.75) is 65.1 Å². The van der Waals surface area contributed by atoms with Crippen molar-refractivity contribution in [1.29, 1.82) is 0 Å². The van der Waals surface area contributed by atoms with E-state index in [1.54, 1.807) is 0 Å². The van der Waals surface area contributed by atoms with E-state index >= 15 is 0 Å². The van der Waals surface area contributed by atoms with Crippen molar-refractivity contribution >= 4 is 19.1 Å². The maximum absolute atomic E-state index is 2.69. The lowest BCUT2D eigenvalue weighted by Gasteiger charge is -2.44. The van der Waals surface area contributed by atoms with Crippen molar-refractivity contribution < 1.29 is 0 Å². The molecule has 1 aromatic heterocycles. The van der Waals surface area contributed by atoms with Crippen LogP contribution in [0.25, 0.3) is 10.9 Å². The first-order chi connectivity index (χ1) is 9.33. The molecule has 0 saturated heterocycles. The van der Waals surface area contributed by atoms with Crippen molar-refractivity contribution in [1.82, 2.24) is 4.23 Å². The second kappa shape index (κ2) is 5.40. The zero-order chi connectivity index (χ0) is 15.1. The zero-order valence-corrected chi connectivity index (χ0v) is 15.1. The third-order valence-corrected chi connectivity index (χ3v) is 11.9. The number of aryl methyl sites for hydroxylation is 1. The molecule has 2 rings (SSSR count). The van der Waals surface area contributed by atoms with E-state index in [1.165, 1.54) is 16.5 Å². The van der Waals surface area contributed by atoms with Gasteiger partial charge in [-0.15, -0.1) is 0 Å². The number of fused-ring (bicyclic) bond motifs is 1. The van der Waals surface area contributed by atoms with Gasteiger partial charge in [0.1, 0.15) is 0 Å². The molecule has 0 spiro atoms. The molecule has 1 heterocycles. The third-order valence-electron chi connectivity index (χ3n) is 5.14. The Hall–Kier alpha value is -1.02. The van der Waals surface area contributed by atoms with Gasteiger partial charge in [-0.1, -0.05) is 53.7 Å². The van der Waals surface area contributed by atoms with E-state index in [0.717, 1.165) is 16.6 Å². The molecule has 0 unspecified atom stereocenters. The first-order valence-electron chi connectivity index (χ1n) is 7.90. The Balaban J connectivity index is 2.79. The highest BCUT2D eigenvalue weighted by Gasteiger charge is 2.45. The Morgan fingerprint density at radius 1 is 0.850 bits per heavy atom. The molecule has 0 radical (unpaired) electrons. The molecule has 110 valence electrons. The molecule has 0 atom stereocenters. The van der Waals surface area contributed by atoms with Crippen LogP contribution in [0.2, 0.25) is 16.6 Å². The van der Waals surface area contributed by atoms with E-state index in [-0.39, 0.29) is 0 Å². The molecule has 2 aromatic rings. The lowest BCUT2D eigenvalue weighted by Crippen LogP contribution is -2.51. The van der Waals surface area contributed by atoms with Crippen LogP contribution in [0.15, 0.2) is 30.5 Å². The lowest BCUT2D eigenvalue weighted by atomic mass is 10.1. The summed E-state index contributed by atoms with van der Waals surface area (Å²) < 4.78 is 2.69. The summed E-state index contributed by atoms with van der Waals surface area (Å²) in [6.07, 6.45) is 2.36. The summed E-state index contributed by atoms with van der Waals surface area (Å²) in [5.74, 6) is 0. The highest BCUT2D eigenvalue weighted by molar-refractivity contribution is 6.82. The average molecular weight is 288 g/mol. The minimum absolute atomic E-state index is 0.735. The molecule has 0 bridgehead atoms. The zero-order valence-electron chi connectivity index (χ0n) is 14.1. The Morgan fingerprint density at radius 3 is 1.90 bits per heavy atom. The monoisotopic (exact) mass is 287 g/mol. The van der Waals surface area contributed by atoms with Crippen LogP contribution in [0.5, 0.6) is 0 Å². The Labute approximate surface area is 125 Å². The van der Waals surface area contributed by atoms with Crippen molar-refractivity contribution in [3.8, 4) is 0 Å². The van der Waals surface area contributed by atoms with Gasteiger partial charge in [0.25, 0.3) is 0 Å². The lowest BCUT2D eigenvalue weighted by molar-refractivity contribution is 0.773. The molecular formula is C18H29NSi. The van der Waals surface area contributed by atoms with Crippen LogP contribution in [0.3, 0.4) is 0 Å². The summed E-state index contributed by atoms with van der Waals surface area (Å²) in [5.41, 5.74) is 5.03. The first-order valence-corrected chi connectivity index (χ1v) is 10.1. The van der Waals surface area contributed by atoms with Gasteiger partial charge < -0.3 is 4.23 Å². The second-order valence-corrected chi connectivity index (χ2v) is 12.8. The summed E-state index contributed by atoms with van der Waals surface area (Å²) in [4.78, 5) is 0. The topological polar surface area (TPSA) is 4.93 Å². The molecule has 1 nitrogen and oxygen atoms in total. The normalized spacial score (nSPS) is 13.1. The van der Waals surface area contributed by atoms with Gasteiger partial charge in [-0.05, 0) is 47.4 Å². The standard InChI is InChI=1S/C18H29NSi/c1-13(2)20(14(3)4,15(5)6)19-12-11-17-16(7)9-8-10-18(17)19/h8-15H,1-7H3. The Morgan fingerprint density at radius 2 is 1.40 bits per heavy atom. The highest BCUT2D eigenvalue weighted by Crippen LogP contribution is 2.44. The number of nitrogens with zero attached hydrogens (tertiary/aromatic N) is 1. The Kier molecular flexibility index (Phi) is 4.15. The fraction of sp³-hybridized carbons (Fsp3) is 0.556. The minimum Gasteiger partial charge on any atom is -0.373 e. The fourth-order valence-corrected chi connectivity index (χ4v) is 11.1. The van der Waals surface area contributed by atoms with Gasteiger partial charge in [-0.25, -0.2) is 0 Å². The molecule has 0 amide bonds. The Bertz CT molecular complexity index is 571. The predicted octanol–water partition coefficient (Wildman–Crippen LogP) is 5.97. The molecule has 0 aliphatic heterocycles. The molecule has 1 aromatic carbocycles. The number of aromatic nitrogens is 1. The highest BCUT2D eigenvalue weighted by atomic mass is 28.3. The summed E-state index contributed by atoms with van der Waals surface area (Å²) >= 11 is 0. The van der Waals surface area contributed by atoms with Crippen molar-refractivity contribution in [3.05, 3.63) is 36.0 Å². The molecule has 0 aliphatic carbocycles. The van der Waals surface area contributed by atoms with Crippen LogP contribution in [0.4, 0.5) is 0 Å². The van der Waals surface area contributed by atoms with Crippen molar-refractivity contribution in [2.24, 2.45) is 0 Å². The van der Waals surface area contributed by atoms with Gasteiger partial charge in [0.15, 0.2) is 8.24 Å². The van der Waals surface area contributed by atoms with E-state index in [0.29, 0.717) is 0 Å². The van der Waals surface area contributed by atoms with E-state index < -0.39 is 8.24 Å². The molecular weight excluding hydrogens is 258 g/mol. The summed E-state index contributed by atoms with van der Waals surface area (Å²) in [6, 6.07) is 9.04. The molecule has 0 aliphatic rings. The van der Waals surface area contributed by atoms with Gasteiger partial charge in [0.2, 0.25) is 0 Å². The predicted molar refractivity (Wildman–Crippen MR) is 93.1 cm³/mol. The SMILES string of the molecule is Cc1cccc2c1ccn2[Si](C(C)C)(C(C)C)C(C)C. The van der Waals surface area contributed by atoms with Crippen molar-refractivity contribution in [2.75, 3.05) is 0 Å². The second-order valence-electron chi connectivity index (χ2n) is 7.04. The molecule has 0 saturated carbocycles.